The average Bonchev–Trinajstić information content (AvgIpc) is 3.12. The summed E-state index contributed by atoms with van der Waals surface area (Å²) in [4.78, 5) is 33.4. The van der Waals surface area contributed by atoms with Crippen molar-refractivity contribution in [3.8, 4) is 0 Å². The van der Waals surface area contributed by atoms with E-state index in [2.05, 4.69) is 50.3 Å². The molecule has 0 saturated carbocycles. The second-order valence-corrected chi connectivity index (χ2v) is 15.2. The molecule has 0 bridgehead atoms. The van der Waals surface area contributed by atoms with Crippen molar-refractivity contribution in [2.45, 2.75) is 187 Å². The van der Waals surface area contributed by atoms with Gasteiger partial charge in [0.2, 0.25) is 0 Å². The van der Waals surface area contributed by atoms with Crippen LogP contribution in [0.2, 0.25) is 0 Å². The van der Waals surface area contributed by atoms with Gasteiger partial charge in [-0.05, 0) is 70.6 Å². The lowest BCUT2D eigenvalue weighted by Crippen LogP contribution is -2.34. The summed E-state index contributed by atoms with van der Waals surface area (Å²) in [5.74, 6) is -1.79. The summed E-state index contributed by atoms with van der Waals surface area (Å²) in [5.41, 5.74) is 5.34. The summed E-state index contributed by atoms with van der Waals surface area (Å²) in [6, 6.07) is -1.47. The highest BCUT2D eigenvalue weighted by Crippen LogP contribution is 2.43. The summed E-state index contributed by atoms with van der Waals surface area (Å²) in [6.45, 7) is 3.80. The van der Waals surface area contributed by atoms with Crippen molar-refractivity contribution in [3.63, 3.8) is 0 Å². The molecule has 4 N–H and O–H groups in total. The normalized spacial score (nSPS) is 14.4. The summed E-state index contributed by atoms with van der Waals surface area (Å²) < 4.78 is 33.3. The Hall–Kier alpha value is -1.81. The number of esters is 1. The first kappa shape index (κ1) is 50.2. The van der Waals surface area contributed by atoms with E-state index in [1.54, 1.807) is 0 Å². The number of nitrogens with two attached hydrogens (primary N) is 1. The lowest BCUT2D eigenvalue weighted by atomic mass is 10.1. The van der Waals surface area contributed by atoms with Crippen LogP contribution in [0.25, 0.3) is 0 Å². The highest BCUT2D eigenvalue weighted by molar-refractivity contribution is 7.47. The van der Waals surface area contributed by atoms with Crippen LogP contribution in [0.15, 0.2) is 36.5 Å². The van der Waals surface area contributed by atoms with E-state index in [-0.39, 0.29) is 13.0 Å². The highest BCUT2D eigenvalue weighted by Gasteiger charge is 2.27. The molecule has 3 unspecified atom stereocenters. The molecule has 0 radical (unpaired) electrons. The highest BCUT2D eigenvalue weighted by atomic mass is 31.2. The Labute approximate surface area is 317 Å². The maximum atomic E-state index is 12.6. The first-order chi connectivity index (χ1) is 25.2. The van der Waals surface area contributed by atoms with E-state index in [0.29, 0.717) is 13.0 Å². The monoisotopic (exact) mass is 758 g/mol. The van der Waals surface area contributed by atoms with E-state index in [4.69, 9.17) is 29.4 Å². The Morgan fingerprint density at radius 2 is 1.06 bits per heavy atom. The molecule has 3 atom stereocenters. The molecule has 0 aromatic rings. The van der Waals surface area contributed by atoms with Crippen molar-refractivity contribution < 1.29 is 42.7 Å². The Bertz CT molecular complexity index is 972. The molecule has 0 fully saturated rings. The number of phosphoric acid groups is 1. The van der Waals surface area contributed by atoms with Crippen molar-refractivity contribution in [3.05, 3.63) is 36.5 Å². The van der Waals surface area contributed by atoms with Crippen LogP contribution in [0.4, 0.5) is 0 Å². The van der Waals surface area contributed by atoms with Crippen LogP contribution in [0, 0.1) is 0 Å². The fraction of sp³-hybridized carbons (Fsp3) is 0.805. The van der Waals surface area contributed by atoms with Gasteiger partial charge in [0.15, 0.2) is 0 Å². The maximum absolute atomic E-state index is 12.6. The van der Waals surface area contributed by atoms with Gasteiger partial charge < -0.3 is 25.2 Å². The standard InChI is InChI=1S/C41H76NO9P/c1-3-5-7-9-11-13-15-17-18-19-20-21-22-24-26-28-30-32-34-48-35-38(36-49-52(46,47)50-37-39(42)41(44)45)51-40(43)33-31-29-27-25-23-16-14-12-10-8-6-4-2/h11-14,17-18,38-39H,3-10,15-16,19-37,42H2,1-2H3,(H,44,45)(H,46,47)/b13-11-,14-12-,18-17-. The predicted molar refractivity (Wildman–Crippen MR) is 212 cm³/mol. The molecular weight excluding hydrogens is 681 g/mol. The summed E-state index contributed by atoms with van der Waals surface area (Å²) >= 11 is 0. The molecular formula is C41H76NO9P. The third-order valence-electron chi connectivity index (χ3n) is 8.64. The minimum absolute atomic E-state index is 0.00995. The molecule has 0 aliphatic carbocycles. The zero-order chi connectivity index (χ0) is 38.4. The van der Waals surface area contributed by atoms with Crippen LogP contribution < -0.4 is 5.73 Å². The molecule has 0 aromatic heterocycles. The van der Waals surface area contributed by atoms with Gasteiger partial charge in [0.25, 0.3) is 0 Å². The number of carboxylic acid groups (broad SMARTS) is 1. The molecule has 0 aromatic carbocycles. The van der Waals surface area contributed by atoms with Crippen molar-refractivity contribution in [1.29, 1.82) is 0 Å². The maximum Gasteiger partial charge on any atom is 0.472 e. The number of rotatable bonds is 39. The zero-order valence-electron chi connectivity index (χ0n) is 32.9. The third kappa shape index (κ3) is 36.5. The smallest absolute Gasteiger partial charge is 0.472 e. The average molecular weight is 758 g/mol. The van der Waals surface area contributed by atoms with Gasteiger partial charge in [0.1, 0.15) is 12.1 Å². The Morgan fingerprint density at radius 3 is 1.58 bits per heavy atom. The Kier molecular flexibility index (Phi) is 36.2. The molecule has 0 aliphatic heterocycles. The van der Waals surface area contributed by atoms with Gasteiger partial charge in [-0.1, -0.05) is 134 Å². The molecule has 0 amide bonds. The van der Waals surface area contributed by atoms with Crippen LogP contribution in [0.3, 0.4) is 0 Å². The van der Waals surface area contributed by atoms with Gasteiger partial charge in [0.05, 0.1) is 19.8 Å². The van der Waals surface area contributed by atoms with Crippen LogP contribution >= 0.6 is 7.82 Å². The fourth-order valence-corrected chi connectivity index (χ4v) is 6.17. The second-order valence-electron chi connectivity index (χ2n) is 13.8. The van der Waals surface area contributed by atoms with Crippen LogP contribution in [-0.2, 0) is 32.7 Å². The lowest BCUT2D eigenvalue weighted by molar-refractivity contribution is -0.154. The van der Waals surface area contributed by atoms with E-state index in [9.17, 15) is 19.0 Å². The van der Waals surface area contributed by atoms with Crippen LogP contribution in [-0.4, -0.2) is 60.5 Å². The van der Waals surface area contributed by atoms with Gasteiger partial charge in [-0.15, -0.1) is 0 Å². The summed E-state index contributed by atoms with van der Waals surface area (Å²) in [7, 11) is -4.61. The third-order valence-corrected chi connectivity index (χ3v) is 9.59. The SMILES string of the molecule is CCCCC/C=C\C/C=C\CCCCCCCCCCOCC(COP(=O)(O)OCC(N)C(=O)O)OC(=O)CCCCCCC/C=C\CCCCC. The van der Waals surface area contributed by atoms with Gasteiger partial charge in [-0.25, -0.2) is 4.57 Å². The second kappa shape index (κ2) is 37.5. The molecule has 0 aliphatic rings. The summed E-state index contributed by atoms with van der Waals surface area (Å²) in [5, 5.41) is 8.87. The number of carbonyl (C=O) groups excluding carboxylic acids is 1. The van der Waals surface area contributed by atoms with Gasteiger partial charge in [-0.2, -0.15) is 0 Å². The van der Waals surface area contributed by atoms with Crippen molar-refractivity contribution >= 4 is 19.8 Å². The van der Waals surface area contributed by atoms with E-state index < -0.39 is 45.1 Å². The van der Waals surface area contributed by atoms with E-state index in [1.807, 2.05) is 0 Å². The molecule has 52 heavy (non-hydrogen) atoms. The van der Waals surface area contributed by atoms with E-state index >= 15 is 0 Å². The fourth-order valence-electron chi connectivity index (χ4n) is 5.39. The summed E-state index contributed by atoms with van der Waals surface area (Å²) in [6.07, 6.45) is 40.5. The van der Waals surface area contributed by atoms with Crippen molar-refractivity contribution in [2.24, 2.45) is 5.73 Å². The molecule has 0 heterocycles. The molecule has 0 spiro atoms. The van der Waals surface area contributed by atoms with Crippen LogP contribution in [0.5, 0.6) is 0 Å². The number of hydrogen-bond donors (Lipinski definition) is 3. The van der Waals surface area contributed by atoms with E-state index in [1.165, 1.54) is 77.0 Å². The minimum atomic E-state index is -4.61. The number of unbranched alkanes of at least 4 members (excludes halogenated alkanes) is 19. The largest absolute Gasteiger partial charge is 0.480 e. The number of aliphatic carboxylic acids is 1. The topological polar surface area (TPSA) is 155 Å². The first-order valence-corrected chi connectivity index (χ1v) is 22.0. The number of ether oxygens (including phenoxy) is 2. The molecule has 11 heteroatoms. The molecule has 0 rings (SSSR count). The Balaban J connectivity index is 4.26. The lowest BCUT2D eigenvalue weighted by Gasteiger charge is -2.20. The number of carbonyl (C=O) groups is 2. The van der Waals surface area contributed by atoms with Gasteiger partial charge in [-0.3, -0.25) is 18.6 Å². The zero-order valence-corrected chi connectivity index (χ0v) is 33.8. The number of allylic oxidation sites excluding steroid dienone is 6. The van der Waals surface area contributed by atoms with Crippen molar-refractivity contribution in [2.75, 3.05) is 26.4 Å². The van der Waals surface area contributed by atoms with Gasteiger partial charge >= 0.3 is 19.8 Å². The predicted octanol–water partition coefficient (Wildman–Crippen LogP) is 10.9. The van der Waals surface area contributed by atoms with Crippen molar-refractivity contribution in [1.82, 2.24) is 0 Å². The quantitative estimate of drug-likeness (QED) is 0.0239. The molecule has 10 nitrogen and oxygen atoms in total. The number of carboxylic acids is 1. The first-order valence-electron chi connectivity index (χ1n) is 20.5. The Morgan fingerprint density at radius 1 is 0.615 bits per heavy atom. The van der Waals surface area contributed by atoms with Gasteiger partial charge in [0, 0.05) is 13.0 Å². The minimum Gasteiger partial charge on any atom is -0.480 e. The molecule has 0 saturated heterocycles. The van der Waals surface area contributed by atoms with E-state index in [0.717, 1.165) is 70.6 Å². The molecule has 304 valence electrons. The number of phosphoric ester groups is 1. The number of hydrogen-bond acceptors (Lipinski definition) is 8. The van der Waals surface area contributed by atoms with Crippen LogP contribution in [0.1, 0.15) is 174 Å².